The highest BCUT2D eigenvalue weighted by molar-refractivity contribution is 5.90. The maximum Gasteiger partial charge on any atom is 0.164 e. The molecule has 3 saturated carbocycles. The van der Waals surface area contributed by atoms with Gasteiger partial charge < -0.3 is 25.5 Å². The molecule has 0 heterocycles. The SMILES string of the molecule is CC(C)(O)CCC(=O)[C@](C)(O)[C@@H]1[C@H](O)C[C@@]2(C)[C@@H]3CC=C4[C@@H](C[C@H](O)[C@@H](O)C4(C)C)[C@]3(C)C(=O)C[C@]12C. The fraction of sp³-hybridized carbons (Fsp3) is 0.867. The second-order valence-corrected chi connectivity index (χ2v) is 14.8. The van der Waals surface area contributed by atoms with Crippen LogP contribution in [-0.2, 0) is 9.59 Å². The Kier molecular flexibility index (Phi) is 6.59. The third kappa shape index (κ3) is 3.86. The van der Waals surface area contributed by atoms with Crippen LogP contribution in [-0.4, -0.2) is 66.6 Å². The molecule has 7 heteroatoms. The van der Waals surface area contributed by atoms with Crippen LogP contribution in [0.1, 0.15) is 93.9 Å². The molecule has 0 spiro atoms. The molecule has 0 aromatic carbocycles. The Hall–Kier alpha value is -1.12. The molecule has 10 atom stereocenters. The highest BCUT2D eigenvalue weighted by Gasteiger charge is 2.74. The van der Waals surface area contributed by atoms with Crippen LogP contribution in [0.3, 0.4) is 0 Å². The Morgan fingerprint density at radius 1 is 1.00 bits per heavy atom. The van der Waals surface area contributed by atoms with Crippen molar-refractivity contribution in [2.75, 3.05) is 0 Å². The smallest absolute Gasteiger partial charge is 0.164 e. The summed E-state index contributed by atoms with van der Waals surface area (Å²) in [6.07, 6.45) is 0.895. The molecule has 4 aliphatic carbocycles. The summed E-state index contributed by atoms with van der Waals surface area (Å²) in [5, 5.41) is 54.8. The number of fused-ring (bicyclic) bond motifs is 5. The summed E-state index contributed by atoms with van der Waals surface area (Å²) >= 11 is 0. The standard InChI is InChI=1S/C30H48O7/c1-25(2,36)12-11-21(33)30(8,37)23-19(32)14-27(5)20-10-9-16-17(13-18(31)24(35)26(16,3)4)29(20,7)22(34)15-28(23,27)6/h9,17-20,23-24,31-32,35-37H,10-15H2,1-8H3/t17-,18+,19-,20+,23-,24-,27+,28-,29+,30+/m1/s1. The first kappa shape index (κ1) is 28.9. The van der Waals surface area contributed by atoms with Gasteiger partial charge in [-0.05, 0) is 69.1 Å². The highest BCUT2D eigenvalue weighted by atomic mass is 16.3. The van der Waals surface area contributed by atoms with E-state index in [1.54, 1.807) is 13.8 Å². The van der Waals surface area contributed by atoms with Gasteiger partial charge in [-0.2, -0.15) is 0 Å². The molecule has 0 aromatic rings. The van der Waals surface area contributed by atoms with E-state index in [1.165, 1.54) is 6.92 Å². The van der Waals surface area contributed by atoms with Gasteiger partial charge in [-0.15, -0.1) is 0 Å². The average molecular weight is 521 g/mol. The maximum atomic E-state index is 14.2. The van der Waals surface area contributed by atoms with Crippen molar-refractivity contribution in [3.63, 3.8) is 0 Å². The molecule has 5 N–H and O–H groups in total. The van der Waals surface area contributed by atoms with Crippen molar-refractivity contribution >= 4 is 11.6 Å². The van der Waals surface area contributed by atoms with Gasteiger partial charge >= 0.3 is 0 Å². The molecule has 210 valence electrons. The van der Waals surface area contributed by atoms with Gasteiger partial charge in [0.15, 0.2) is 5.78 Å². The monoisotopic (exact) mass is 520 g/mol. The largest absolute Gasteiger partial charge is 0.393 e. The molecule has 0 bridgehead atoms. The van der Waals surface area contributed by atoms with E-state index in [1.807, 2.05) is 27.7 Å². The quantitative estimate of drug-likeness (QED) is 0.352. The van der Waals surface area contributed by atoms with Crippen LogP contribution in [0, 0.1) is 39.4 Å². The van der Waals surface area contributed by atoms with E-state index in [-0.39, 0.29) is 36.9 Å². The first-order chi connectivity index (χ1) is 16.7. The summed E-state index contributed by atoms with van der Waals surface area (Å²) in [6.45, 7) is 14.6. The Morgan fingerprint density at radius 3 is 2.16 bits per heavy atom. The number of hydrogen-bond acceptors (Lipinski definition) is 7. The molecule has 0 saturated heterocycles. The molecule has 0 unspecified atom stereocenters. The summed E-state index contributed by atoms with van der Waals surface area (Å²) in [6, 6.07) is 0. The van der Waals surface area contributed by atoms with Crippen LogP contribution in [0.2, 0.25) is 0 Å². The molecule has 0 amide bonds. The van der Waals surface area contributed by atoms with Crippen LogP contribution in [0.15, 0.2) is 11.6 Å². The zero-order valence-electron chi connectivity index (χ0n) is 23.8. The third-order valence-electron chi connectivity index (χ3n) is 11.8. The summed E-state index contributed by atoms with van der Waals surface area (Å²) in [5.74, 6) is -1.60. The number of allylic oxidation sites excluding steroid dienone is 1. The minimum Gasteiger partial charge on any atom is -0.393 e. The van der Waals surface area contributed by atoms with Crippen molar-refractivity contribution < 1.29 is 35.1 Å². The van der Waals surface area contributed by atoms with E-state index in [0.717, 1.165) is 5.57 Å². The topological polar surface area (TPSA) is 135 Å². The van der Waals surface area contributed by atoms with Gasteiger partial charge in [-0.1, -0.05) is 46.3 Å². The number of carbonyl (C=O) groups is 2. The van der Waals surface area contributed by atoms with Gasteiger partial charge in [0.2, 0.25) is 0 Å². The summed E-state index contributed by atoms with van der Waals surface area (Å²) in [7, 11) is 0. The van der Waals surface area contributed by atoms with Crippen molar-refractivity contribution in [3.8, 4) is 0 Å². The maximum absolute atomic E-state index is 14.2. The molecule has 0 aliphatic heterocycles. The zero-order valence-corrected chi connectivity index (χ0v) is 23.8. The normalized spacial score (nSPS) is 46.8. The van der Waals surface area contributed by atoms with Gasteiger partial charge in [0, 0.05) is 29.6 Å². The molecular weight excluding hydrogens is 472 g/mol. The number of hydrogen-bond donors (Lipinski definition) is 5. The molecule has 0 aromatic heterocycles. The molecule has 37 heavy (non-hydrogen) atoms. The van der Waals surface area contributed by atoms with E-state index in [4.69, 9.17) is 0 Å². The first-order valence-electron chi connectivity index (χ1n) is 13.9. The number of carbonyl (C=O) groups excluding carboxylic acids is 2. The van der Waals surface area contributed by atoms with Gasteiger partial charge in [0.1, 0.15) is 11.4 Å². The van der Waals surface area contributed by atoms with E-state index < -0.39 is 62.9 Å². The van der Waals surface area contributed by atoms with Crippen LogP contribution >= 0.6 is 0 Å². The number of aliphatic hydroxyl groups excluding tert-OH is 3. The Morgan fingerprint density at radius 2 is 1.59 bits per heavy atom. The lowest BCUT2D eigenvalue weighted by molar-refractivity contribution is -0.188. The van der Waals surface area contributed by atoms with E-state index in [9.17, 15) is 35.1 Å². The van der Waals surface area contributed by atoms with Crippen molar-refractivity contribution in [3.05, 3.63) is 11.6 Å². The molecule has 3 fully saturated rings. The lowest BCUT2D eigenvalue weighted by atomic mass is 9.38. The third-order valence-corrected chi connectivity index (χ3v) is 11.8. The fourth-order valence-corrected chi connectivity index (χ4v) is 9.40. The van der Waals surface area contributed by atoms with Crippen LogP contribution in [0.5, 0.6) is 0 Å². The molecule has 4 aliphatic rings. The molecule has 0 radical (unpaired) electrons. The Labute approximate surface area is 221 Å². The molecule has 4 rings (SSSR count). The predicted molar refractivity (Wildman–Crippen MR) is 139 cm³/mol. The number of ketones is 2. The van der Waals surface area contributed by atoms with Crippen molar-refractivity contribution in [1.82, 2.24) is 0 Å². The van der Waals surface area contributed by atoms with Crippen molar-refractivity contribution in [2.45, 2.75) is 123 Å². The van der Waals surface area contributed by atoms with Crippen LogP contribution < -0.4 is 0 Å². The first-order valence-corrected chi connectivity index (χ1v) is 13.9. The Bertz CT molecular complexity index is 1010. The average Bonchev–Trinajstić information content (AvgIpc) is 2.96. The van der Waals surface area contributed by atoms with E-state index in [0.29, 0.717) is 19.3 Å². The molecule has 7 nitrogen and oxygen atoms in total. The van der Waals surface area contributed by atoms with Gasteiger partial charge in [0.05, 0.1) is 23.9 Å². The lowest BCUT2D eigenvalue weighted by Gasteiger charge is -2.65. The molecular formula is C30H48O7. The van der Waals surface area contributed by atoms with Crippen molar-refractivity contribution in [1.29, 1.82) is 0 Å². The van der Waals surface area contributed by atoms with Gasteiger partial charge in [0.25, 0.3) is 0 Å². The van der Waals surface area contributed by atoms with E-state index >= 15 is 0 Å². The predicted octanol–water partition coefficient (Wildman–Crippen LogP) is 2.94. The van der Waals surface area contributed by atoms with Gasteiger partial charge in [-0.3, -0.25) is 9.59 Å². The number of aliphatic hydroxyl groups is 5. The lowest BCUT2D eigenvalue weighted by Crippen LogP contribution is -2.65. The minimum atomic E-state index is -1.85. The van der Waals surface area contributed by atoms with E-state index in [2.05, 4.69) is 13.0 Å². The summed E-state index contributed by atoms with van der Waals surface area (Å²) < 4.78 is 0. The van der Waals surface area contributed by atoms with Crippen LogP contribution in [0.25, 0.3) is 0 Å². The number of Topliss-reactive ketones (excluding diaryl/α,β-unsaturated/α-hetero) is 2. The summed E-state index contributed by atoms with van der Waals surface area (Å²) in [4.78, 5) is 27.5. The number of rotatable bonds is 5. The Balaban J connectivity index is 1.76. The van der Waals surface area contributed by atoms with Gasteiger partial charge in [-0.25, -0.2) is 0 Å². The fourth-order valence-electron chi connectivity index (χ4n) is 9.40. The summed E-state index contributed by atoms with van der Waals surface area (Å²) in [5.41, 5.74) is -4.71. The minimum absolute atomic E-state index is 0.0227. The zero-order chi connectivity index (χ0) is 28.1. The van der Waals surface area contributed by atoms with Crippen LogP contribution in [0.4, 0.5) is 0 Å². The van der Waals surface area contributed by atoms with Crippen molar-refractivity contribution in [2.24, 2.45) is 39.4 Å². The highest BCUT2D eigenvalue weighted by Crippen LogP contribution is 2.74. The second-order valence-electron chi connectivity index (χ2n) is 14.8. The second kappa shape index (κ2) is 8.44.